The second kappa shape index (κ2) is 4.55. The first-order valence-corrected chi connectivity index (χ1v) is 5.18. The Kier molecular flexibility index (Phi) is 3.14. The van der Waals surface area contributed by atoms with Crippen molar-refractivity contribution in [3.63, 3.8) is 0 Å². The summed E-state index contributed by atoms with van der Waals surface area (Å²) in [4.78, 5) is 7.15. The molecular weight excluding hydrogens is 181 g/mol. The molecule has 14 heavy (non-hydrogen) atoms. The molecule has 0 amide bonds. The maximum absolute atomic E-state index is 12.2. The van der Waals surface area contributed by atoms with Gasteiger partial charge in [0.2, 0.25) is 0 Å². The normalized spacial score (nSPS) is 22.5. The van der Waals surface area contributed by atoms with Crippen molar-refractivity contribution >= 4 is 0 Å². The Labute approximate surface area is 83.1 Å². The second-order valence-electron chi connectivity index (χ2n) is 3.91. The molecule has 0 aromatic carbocycles. The van der Waals surface area contributed by atoms with Crippen LogP contribution in [-0.4, -0.2) is 23.1 Å². The molecule has 1 atom stereocenters. The Bertz CT molecular complexity index is 279. The zero-order chi connectivity index (χ0) is 9.80. The van der Waals surface area contributed by atoms with Gasteiger partial charge in [-0.05, 0) is 31.8 Å². The van der Waals surface area contributed by atoms with Crippen LogP contribution in [0, 0.1) is 5.92 Å². The van der Waals surface area contributed by atoms with E-state index < -0.39 is 6.67 Å². The molecule has 1 fully saturated rings. The molecule has 1 saturated heterocycles. The van der Waals surface area contributed by atoms with E-state index in [0.717, 1.165) is 25.3 Å². The lowest BCUT2D eigenvalue weighted by Crippen LogP contribution is -2.31. The van der Waals surface area contributed by atoms with Gasteiger partial charge in [0, 0.05) is 6.42 Å². The van der Waals surface area contributed by atoms with Gasteiger partial charge in [0.1, 0.15) is 12.5 Å². The van der Waals surface area contributed by atoms with Gasteiger partial charge in [-0.3, -0.25) is 0 Å². The average Bonchev–Trinajstić information content (AvgIpc) is 2.67. The van der Waals surface area contributed by atoms with E-state index in [0.29, 0.717) is 11.6 Å². The lowest BCUT2D eigenvalue weighted by Gasteiger charge is -2.21. The van der Waals surface area contributed by atoms with E-state index in [-0.39, 0.29) is 0 Å². The van der Waals surface area contributed by atoms with Crippen LogP contribution in [0.25, 0.3) is 0 Å². The Morgan fingerprint density at radius 2 is 2.50 bits per heavy atom. The van der Waals surface area contributed by atoms with Crippen molar-refractivity contribution in [3.05, 3.63) is 17.7 Å². The van der Waals surface area contributed by atoms with Crippen LogP contribution in [0.4, 0.5) is 4.39 Å². The number of halogens is 1. The first kappa shape index (κ1) is 9.65. The molecule has 2 rings (SSSR count). The minimum atomic E-state index is -0.448. The third-order valence-corrected chi connectivity index (χ3v) is 2.71. The molecule has 0 radical (unpaired) electrons. The molecule has 4 heteroatoms. The van der Waals surface area contributed by atoms with Crippen molar-refractivity contribution in [2.45, 2.75) is 25.9 Å². The van der Waals surface area contributed by atoms with Crippen LogP contribution in [0.2, 0.25) is 0 Å². The number of aromatic nitrogens is 2. The maximum atomic E-state index is 12.2. The summed E-state index contributed by atoms with van der Waals surface area (Å²) in [6.45, 7) is 1.74. The van der Waals surface area contributed by atoms with E-state index in [1.807, 2.05) is 0 Å². The fraction of sp³-hybridized carbons (Fsp3) is 0.700. The van der Waals surface area contributed by atoms with Gasteiger partial charge in [0.25, 0.3) is 0 Å². The largest absolute Gasteiger partial charge is 0.344 e. The third kappa shape index (κ3) is 2.32. The van der Waals surface area contributed by atoms with Gasteiger partial charge in [0.15, 0.2) is 0 Å². The molecule has 0 bridgehead atoms. The lowest BCUT2D eigenvalue weighted by molar-refractivity contribution is 0.371. The van der Waals surface area contributed by atoms with Crippen molar-refractivity contribution in [2.24, 2.45) is 5.92 Å². The predicted molar refractivity (Wildman–Crippen MR) is 52.7 cm³/mol. The first-order valence-electron chi connectivity index (χ1n) is 5.18. The van der Waals surface area contributed by atoms with E-state index in [9.17, 15) is 4.39 Å². The molecule has 1 aromatic heterocycles. The number of hydrogen-bond acceptors (Lipinski definition) is 2. The molecule has 2 heterocycles. The average molecular weight is 197 g/mol. The molecule has 2 N–H and O–H groups in total. The number of rotatable bonds is 3. The highest BCUT2D eigenvalue weighted by Gasteiger charge is 2.14. The molecule has 1 aliphatic rings. The summed E-state index contributed by atoms with van der Waals surface area (Å²) in [5.41, 5.74) is 0.587. The summed E-state index contributed by atoms with van der Waals surface area (Å²) in [7, 11) is 0. The molecule has 1 unspecified atom stereocenters. The molecule has 0 saturated carbocycles. The summed E-state index contributed by atoms with van der Waals surface area (Å²) < 4.78 is 12.2. The molecule has 1 aromatic rings. The van der Waals surface area contributed by atoms with Crippen LogP contribution < -0.4 is 5.32 Å². The summed E-state index contributed by atoms with van der Waals surface area (Å²) in [5.74, 6) is 1.58. The smallest absolute Gasteiger partial charge is 0.131 e. The molecule has 0 spiro atoms. The van der Waals surface area contributed by atoms with Crippen LogP contribution in [0.5, 0.6) is 0 Å². The van der Waals surface area contributed by atoms with E-state index in [4.69, 9.17) is 0 Å². The van der Waals surface area contributed by atoms with Crippen LogP contribution in [0.15, 0.2) is 6.20 Å². The maximum Gasteiger partial charge on any atom is 0.131 e. The monoisotopic (exact) mass is 197 g/mol. The molecule has 0 aliphatic carbocycles. The highest BCUT2D eigenvalue weighted by atomic mass is 19.1. The van der Waals surface area contributed by atoms with Gasteiger partial charge in [0.05, 0.1) is 11.9 Å². The quantitative estimate of drug-likeness (QED) is 0.769. The number of imidazole rings is 1. The van der Waals surface area contributed by atoms with Crippen molar-refractivity contribution < 1.29 is 4.39 Å². The van der Waals surface area contributed by atoms with E-state index in [1.54, 1.807) is 6.20 Å². The number of alkyl halides is 1. The Morgan fingerprint density at radius 3 is 3.14 bits per heavy atom. The number of aromatic amines is 1. The zero-order valence-corrected chi connectivity index (χ0v) is 8.22. The van der Waals surface area contributed by atoms with E-state index in [2.05, 4.69) is 15.3 Å². The van der Waals surface area contributed by atoms with Crippen molar-refractivity contribution in [2.75, 3.05) is 13.1 Å². The van der Waals surface area contributed by atoms with Crippen molar-refractivity contribution in [1.29, 1.82) is 0 Å². The van der Waals surface area contributed by atoms with Gasteiger partial charge in [-0.15, -0.1) is 0 Å². The topological polar surface area (TPSA) is 40.7 Å². The van der Waals surface area contributed by atoms with Gasteiger partial charge in [-0.2, -0.15) is 0 Å². The number of hydrogen-bond donors (Lipinski definition) is 2. The Balaban J connectivity index is 1.89. The van der Waals surface area contributed by atoms with Crippen molar-refractivity contribution in [1.82, 2.24) is 15.3 Å². The van der Waals surface area contributed by atoms with Crippen LogP contribution >= 0.6 is 0 Å². The number of nitrogens with one attached hydrogen (secondary N) is 2. The summed E-state index contributed by atoms with van der Waals surface area (Å²) in [5, 5.41) is 3.36. The minimum Gasteiger partial charge on any atom is -0.344 e. The highest BCUT2D eigenvalue weighted by molar-refractivity contribution is 5.00. The second-order valence-corrected chi connectivity index (χ2v) is 3.91. The molecule has 1 aliphatic heterocycles. The van der Waals surface area contributed by atoms with Crippen molar-refractivity contribution in [3.8, 4) is 0 Å². The minimum absolute atomic E-state index is 0.448. The first-order chi connectivity index (χ1) is 6.88. The summed E-state index contributed by atoms with van der Waals surface area (Å²) in [6.07, 6.45) is 5.01. The standard InChI is InChI=1S/C10H16FN3/c11-5-9-7-13-10(14-9)4-8-2-1-3-12-6-8/h7-8,12H,1-6H2,(H,13,14). The summed E-state index contributed by atoms with van der Waals surface area (Å²) in [6, 6.07) is 0. The van der Waals surface area contributed by atoms with Crippen LogP contribution in [0.3, 0.4) is 0 Å². The fourth-order valence-electron chi connectivity index (χ4n) is 1.95. The summed E-state index contributed by atoms with van der Waals surface area (Å²) >= 11 is 0. The van der Waals surface area contributed by atoms with E-state index >= 15 is 0 Å². The Hall–Kier alpha value is -0.900. The van der Waals surface area contributed by atoms with Gasteiger partial charge >= 0.3 is 0 Å². The van der Waals surface area contributed by atoms with Gasteiger partial charge < -0.3 is 10.3 Å². The van der Waals surface area contributed by atoms with Gasteiger partial charge in [-0.1, -0.05) is 0 Å². The molecule has 78 valence electrons. The lowest BCUT2D eigenvalue weighted by atomic mass is 9.96. The van der Waals surface area contributed by atoms with Gasteiger partial charge in [-0.25, -0.2) is 9.37 Å². The molecule has 3 nitrogen and oxygen atoms in total. The van der Waals surface area contributed by atoms with Crippen LogP contribution in [0.1, 0.15) is 24.4 Å². The number of piperidine rings is 1. The highest BCUT2D eigenvalue weighted by Crippen LogP contribution is 2.14. The fourth-order valence-corrected chi connectivity index (χ4v) is 1.95. The molecular formula is C10H16FN3. The zero-order valence-electron chi connectivity index (χ0n) is 8.22. The Morgan fingerprint density at radius 1 is 1.57 bits per heavy atom. The third-order valence-electron chi connectivity index (χ3n) is 2.71. The predicted octanol–water partition coefficient (Wildman–Crippen LogP) is 1.42. The SMILES string of the molecule is FCc1cnc(CC2CCCNC2)[nH]1. The number of H-pyrrole nitrogens is 1. The van der Waals surface area contributed by atoms with E-state index in [1.165, 1.54) is 12.8 Å². The number of nitrogens with zero attached hydrogens (tertiary/aromatic N) is 1. The van der Waals surface area contributed by atoms with Crippen LogP contribution in [-0.2, 0) is 13.1 Å².